The minimum absolute atomic E-state index is 0.128. The fraction of sp³-hybridized carbons (Fsp3) is 0.143. The van der Waals surface area contributed by atoms with Gasteiger partial charge < -0.3 is 4.98 Å². The Balaban J connectivity index is 1.86. The Labute approximate surface area is 114 Å². The second-order valence-corrected chi connectivity index (χ2v) is 5.60. The van der Waals surface area contributed by atoms with E-state index in [4.69, 9.17) is 0 Å². The number of H-pyrrole nitrogens is 1. The number of carbonyl (C=O) groups is 1. The Morgan fingerprint density at radius 2 is 2.16 bits per heavy atom. The van der Waals surface area contributed by atoms with E-state index in [0.29, 0.717) is 10.7 Å². The van der Waals surface area contributed by atoms with Crippen molar-refractivity contribution in [2.45, 2.75) is 13.8 Å². The molecule has 0 radical (unpaired) electrons. The molecule has 0 aliphatic heterocycles. The smallest absolute Gasteiger partial charge is 0.257 e. The molecule has 96 valence electrons. The van der Waals surface area contributed by atoms with Gasteiger partial charge in [0.2, 0.25) is 0 Å². The largest absolute Gasteiger partial charge is 0.361 e. The maximum absolute atomic E-state index is 12.1. The zero-order valence-electron chi connectivity index (χ0n) is 10.7. The van der Waals surface area contributed by atoms with E-state index in [2.05, 4.69) is 15.3 Å². The van der Waals surface area contributed by atoms with Crippen molar-refractivity contribution in [2.24, 2.45) is 0 Å². The summed E-state index contributed by atoms with van der Waals surface area (Å²) in [4.78, 5) is 20.7. The minimum atomic E-state index is -0.128. The molecule has 0 aliphatic carbocycles. The Kier molecular flexibility index (Phi) is 2.83. The third-order valence-corrected chi connectivity index (χ3v) is 4.05. The number of nitrogens with zero attached hydrogens (tertiary/aromatic N) is 1. The number of benzene rings is 1. The van der Waals surface area contributed by atoms with Crippen LogP contribution in [0.2, 0.25) is 0 Å². The molecule has 0 unspecified atom stereocenters. The van der Waals surface area contributed by atoms with Crippen LogP contribution in [0.1, 0.15) is 20.9 Å². The molecule has 0 aliphatic rings. The normalized spacial score (nSPS) is 10.8. The van der Waals surface area contributed by atoms with Crippen molar-refractivity contribution >= 4 is 33.3 Å². The molecule has 19 heavy (non-hydrogen) atoms. The average molecular weight is 271 g/mol. The lowest BCUT2D eigenvalue weighted by atomic mass is 10.1. The van der Waals surface area contributed by atoms with Crippen LogP contribution in [0.15, 0.2) is 30.5 Å². The summed E-state index contributed by atoms with van der Waals surface area (Å²) in [5, 5.41) is 4.51. The highest BCUT2D eigenvalue weighted by Crippen LogP contribution is 2.22. The molecule has 0 atom stereocenters. The van der Waals surface area contributed by atoms with E-state index in [-0.39, 0.29) is 5.91 Å². The first-order valence-electron chi connectivity index (χ1n) is 5.96. The number of rotatable bonds is 2. The third kappa shape index (κ3) is 2.24. The Bertz CT molecular complexity index is 737. The lowest BCUT2D eigenvalue weighted by Crippen LogP contribution is -2.11. The van der Waals surface area contributed by atoms with Gasteiger partial charge in [-0.1, -0.05) is 0 Å². The Morgan fingerprint density at radius 1 is 1.32 bits per heavy atom. The molecule has 1 aromatic carbocycles. The predicted molar refractivity (Wildman–Crippen MR) is 77.8 cm³/mol. The summed E-state index contributed by atoms with van der Waals surface area (Å²) in [6.45, 7) is 3.93. The number of nitrogens with one attached hydrogen (secondary N) is 2. The quantitative estimate of drug-likeness (QED) is 0.749. The van der Waals surface area contributed by atoms with Gasteiger partial charge in [-0.3, -0.25) is 10.1 Å². The van der Waals surface area contributed by atoms with E-state index in [9.17, 15) is 4.79 Å². The lowest BCUT2D eigenvalue weighted by Gasteiger charge is -2.01. The monoisotopic (exact) mass is 271 g/mol. The number of carbonyl (C=O) groups excluding carboxylic acids is 1. The molecule has 5 heteroatoms. The van der Waals surface area contributed by atoms with Gasteiger partial charge >= 0.3 is 0 Å². The minimum Gasteiger partial charge on any atom is -0.361 e. The number of hydrogen-bond acceptors (Lipinski definition) is 3. The number of aromatic amines is 1. The van der Waals surface area contributed by atoms with E-state index in [1.165, 1.54) is 11.3 Å². The maximum Gasteiger partial charge on any atom is 0.257 e. The molecule has 1 amide bonds. The van der Waals surface area contributed by atoms with Gasteiger partial charge in [-0.05, 0) is 38.1 Å². The number of hydrogen-bond donors (Lipinski definition) is 2. The van der Waals surface area contributed by atoms with Crippen LogP contribution in [-0.2, 0) is 0 Å². The van der Waals surface area contributed by atoms with Crippen LogP contribution in [0.25, 0.3) is 10.9 Å². The lowest BCUT2D eigenvalue weighted by molar-refractivity contribution is 0.102. The zero-order valence-corrected chi connectivity index (χ0v) is 11.5. The molecule has 3 aromatic rings. The van der Waals surface area contributed by atoms with Crippen LogP contribution in [0.5, 0.6) is 0 Å². The highest BCUT2D eigenvalue weighted by atomic mass is 32.1. The number of thiazole rings is 1. The van der Waals surface area contributed by atoms with Crippen LogP contribution < -0.4 is 5.32 Å². The zero-order chi connectivity index (χ0) is 13.4. The van der Waals surface area contributed by atoms with Crippen LogP contribution in [0.4, 0.5) is 5.13 Å². The van der Waals surface area contributed by atoms with Crippen LogP contribution in [-0.4, -0.2) is 15.9 Å². The van der Waals surface area contributed by atoms with Gasteiger partial charge in [-0.25, -0.2) is 4.98 Å². The van der Waals surface area contributed by atoms with Gasteiger partial charge in [0.15, 0.2) is 5.13 Å². The summed E-state index contributed by atoms with van der Waals surface area (Å²) in [7, 11) is 0. The summed E-state index contributed by atoms with van der Waals surface area (Å²) >= 11 is 1.49. The summed E-state index contributed by atoms with van der Waals surface area (Å²) < 4.78 is 0. The topological polar surface area (TPSA) is 57.8 Å². The first-order chi connectivity index (χ1) is 9.13. The van der Waals surface area contributed by atoms with E-state index >= 15 is 0 Å². The summed E-state index contributed by atoms with van der Waals surface area (Å²) in [5.74, 6) is -0.128. The highest BCUT2D eigenvalue weighted by Gasteiger charge is 2.10. The number of aromatic nitrogens is 2. The van der Waals surface area contributed by atoms with Gasteiger partial charge in [0, 0.05) is 27.5 Å². The standard InChI is InChI=1S/C14H13N3OS/c1-8-9(2)19-14(16-8)17-13(18)11-3-4-12-10(7-11)5-6-15-12/h3-7,15H,1-2H3,(H,16,17,18). The number of aryl methyl sites for hydroxylation is 2. The second kappa shape index (κ2) is 4.51. The molecular formula is C14H13N3OS. The first kappa shape index (κ1) is 11.9. The van der Waals surface area contributed by atoms with Crippen molar-refractivity contribution in [2.75, 3.05) is 5.32 Å². The second-order valence-electron chi connectivity index (χ2n) is 4.39. The van der Waals surface area contributed by atoms with Crippen molar-refractivity contribution in [1.29, 1.82) is 0 Å². The summed E-state index contributed by atoms with van der Waals surface area (Å²) in [5.41, 5.74) is 2.62. The number of amides is 1. The van der Waals surface area contributed by atoms with Gasteiger partial charge in [0.05, 0.1) is 5.69 Å². The van der Waals surface area contributed by atoms with Crippen LogP contribution in [0.3, 0.4) is 0 Å². The molecule has 3 rings (SSSR count). The molecule has 2 N–H and O–H groups in total. The van der Waals surface area contributed by atoms with Crippen molar-refractivity contribution in [3.63, 3.8) is 0 Å². The highest BCUT2D eigenvalue weighted by molar-refractivity contribution is 7.15. The SMILES string of the molecule is Cc1nc(NC(=O)c2ccc3[nH]ccc3c2)sc1C. The van der Waals surface area contributed by atoms with E-state index in [1.807, 2.05) is 44.3 Å². The molecule has 0 fully saturated rings. The van der Waals surface area contributed by atoms with Crippen molar-refractivity contribution in [1.82, 2.24) is 9.97 Å². The predicted octanol–water partition coefficient (Wildman–Crippen LogP) is 3.49. The maximum atomic E-state index is 12.1. The van der Waals surface area contributed by atoms with E-state index in [0.717, 1.165) is 21.5 Å². The molecule has 2 aromatic heterocycles. The fourth-order valence-electron chi connectivity index (χ4n) is 1.89. The van der Waals surface area contributed by atoms with E-state index < -0.39 is 0 Å². The number of anilines is 1. The van der Waals surface area contributed by atoms with Crippen molar-refractivity contribution in [3.05, 3.63) is 46.6 Å². The van der Waals surface area contributed by atoms with Gasteiger partial charge in [-0.2, -0.15) is 0 Å². The average Bonchev–Trinajstić information content (AvgIpc) is 2.96. The molecular weight excluding hydrogens is 258 g/mol. The first-order valence-corrected chi connectivity index (χ1v) is 6.77. The Hall–Kier alpha value is -2.14. The van der Waals surface area contributed by atoms with E-state index in [1.54, 1.807) is 0 Å². The molecule has 0 spiro atoms. The summed E-state index contributed by atoms with van der Waals surface area (Å²) in [6.07, 6.45) is 1.86. The van der Waals surface area contributed by atoms with Gasteiger partial charge in [-0.15, -0.1) is 11.3 Å². The molecule has 4 nitrogen and oxygen atoms in total. The molecule has 0 saturated heterocycles. The van der Waals surface area contributed by atoms with Crippen LogP contribution >= 0.6 is 11.3 Å². The third-order valence-electron chi connectivity index (χ3n) is 3.06. The van der Waals surface area contributed by atoms with Gasteiger partial charge in [0.1, 0.15) is 0 Å². The van der Waals surface area contributed by atoms with Crippen molar-refractivity contribution < 1.29 is 4.79 Å². The van der Waals surface area contributed by atoms with Crippen LogP contribution in [0, 0.1) is 13.8 Å². The van der Waals surface area contributed by atoms with Gasteiger partial charge in [0.25, 0.3) is 5.91 Å². The fourth-order valence-corrected chi connectivity index (χ4v) is 2.70. The molecule has 0 saturated carbocycles. The number of fused-ring (bicyclic) bond motifs is 1. The molecule has 0 bridgehead atoms. The summed E-state index contributed by atoms with van der Waals surface area (Å²) in [6, 6.07) is 7.53. The Morgan fingerprint density at radius 3 is 2.89 bits per heavy atom. The molecule has 2 heterocycles. The van der Waals surface area contributed by atoms with Crippen molar-refractivity contribution in [3.8, 4) is 0 Å².